The summed E-state index contributed by atoms with van der Waals surface area (Å²) in [6.07, 6.45) is 6.74. The van der Waals surface area contributed by atoms with Gasteiger partial charge in [-0.2, -0.15) is 0 Å². The van der Waals surface area contributed by atoms with E-state index in [2.05, 4.69) is 29.0 Å². The number of hydrogen-bond acceptors (Lipinski definition) is 3. The molecule has 1 heterocycles. The van der Waals surface area contributed by atoms with Crippen molar-refractivity contribution in [1.82, 2.24) is 15.1 Å². The van der Waals surface area contributed by atoms with Gasteiger partial charge in [-0.05, 0) is 38.3 Å². The van der Waals surface area contributed by atoms with Crippen LogP contribution in [0.1, 0.15) is 46.0 Å². The highest BCUT2D eigenvalue weighted by atomic mass is 16.2. The molecule has 4 heteroatoms. The molecule has 1 N–H and O–H groups in total. The normalized spacial score (nSPS) is 24.9. The van der Waals surface area contributed by atoms with E-state index in [1.165, 1.54) is 32.1 Å². The number of carbonyl (C=O) groups excluding carboxylic acids is 1. The van der Waals surface area contributed by atoms with Crippen molar-refractivity contribution >= 4 is 5.91 Å². The van der Waals surface area contributed by atoms with E-state index < -0.39 is 0 Å². The molecule has 0 aromatic rings. The van der Waals surface area contributed by atoms with E-state index in [1.807, 2.05) is 0 Å². The van der Waals surface area contributed by atoms with Gasteiger partial charge in [0, 0.05) is 13.1 Å². The highest BCUT2D eigenvalue weighted by molar-refractivity contribution is 5.80. The molecule has 1 saturated carbocycles. The maximum Gasteiger partial charge on any atom is 0.237 e. The number of rotatable bonds is 7. The summed E-state index contributed by atoms with van der Waals surface area (Å²) < 4.78 is 0. The molecular formula is C15H29N3O. The number of amides is 1. The van der Waals surface area contributed by atoms with Crippen LogP contribution in [0.25, 0.3) is 0 Å². The van der Waals surface area contributed by atoms with Crippen LogP contribution >= 0.6 is 0 Å². The summed E-state index contributed by atoms with van der Waals surface area (Å²) in [5.74, 6) is 0.983. The zero-order valence-corrected chi connectivity index (χ0v) is 12.5. The first-order chi connectivity index (χ1) is 9.26. The molecule has 1 unspecified atom stereocenters. The van der Waals surface area contributed by atoms with E-state index >= 15 is 0 Å². The van der Waals surface area contributed by atoms with Crippen LogP contribution in [0.5, 0.6) is 0 Å². The minimum absolute atomic E-state index is 0.296. The maximum atomic E-state index is 12.0. The molecule has 0 aromatic heterocycles. The molecule has 1 aliphatic heterocycles. The van der Waals surface area contributed by atoms with E-state index in [9.17, 15) is 4.79 Å². The third-order valence-electron chi connectivity index (χ3n) is 4.61. The second-order valence-corrected chi connectivity index (χ2v) is 5.89. The second kappa shape index (κ2) is 7.25. The molecule has 1 aliphatic carbocycles. The minimum atomic E-state index is 0.296. The molecule has 0 bridgehead atoms. The third kappa shape index (κ3) is 3.69. The molecule has 2 aliphatic rings. The highest BCUT2D eigenvalue weighted by Gasteiger charge is 2.36. The lowest BCUT2D eigenvalue weighted by atomic mass is 10.0. The fourth-order valence-corrected chi connectivity index (χ4v) is 3.51. The Morgan fingerprint density at radius 1 is 1.26 bits per heavy atom. The lowest BCUT2D eigenvalue weighted by Gasteiger charge is -2.31. The molecule has 1 amide bonds. The Morgan fingerprint density at radius 3 is 2.63 bits per heavy atom. The van der Waals surface area contributed by atoms with Crippen LogP contribution in [0.15, 0.2) is 0 Å². The van der Waals surface area contributed by atoms with E-state index in [1.54, 1.807) is 0 Å². The van der Waals surface area contributed by atoms with Gasteiger partial charge in [0.1, 0.15) is 0 Å². The number of nitrogens with zero attached hydrogens (tertiary/aromatic N) is 2. The average molecular weight is 267 g/mol. The fourth-order valence-electron chi connectivity index (χ4n) is 3.51. The van der Waals surface area contributed by atoms with Crippen molar-refractivity contribution in [2.24, 2.45) is 5.92 Å². The fraction of sp³-hybridized carbons (Fsp3) is 0.933. The molecule has 19 heavy (non-hydrogen) atoms. The van der Waals surface area contributed by atoms with Crippen molar-refractivity contribution in [3.8, 4) is 0 Å². The first-order valence-electron chi connectivity index (χ1n) is 8.01. The Hall–Kier alpha value is -0.610. The molecule has 2 fully saturated rings. The van der Waals surface area contributed by atoms with Gasteiger partial charge >= 0.3 is 0 Å². The summed E-state index contributed by atoms with van der Waals surface area (Å²) in [5.41, 5.74) is 0. The molecule has 0 aromatic carbocycles. The Balaban J connectivity index is 1.86. The summed E-state index contributed by atoms with van der Waals surface area (Å²) in [6.45, 7) is 9.08. The lowest BCUT2D eigenvalue weighted by Crippen LogP contribution is -2.45. The van der Waals surface area contributed by atoms with Crippen LogP contribution in [0.3, 0.4) is 0 Å². The number of carbonyl (C=O) groups is 1. The van der Waals surface area contributed by atoms with Crippen molar-refractivity contribution in [1.29, 1.82) is 0 Å². The summed E-state index contributed by atoms with van der Waals surface area (Å²) in [6, 6.07) is 0. The van der Waals surface area contributed by atoms with E-state index in [0.717, 1.165) is 26.2 Å². The Morgan fingerprint density at radius 2 is 2.00 bits per heavy atom. The first kappa shape index (κ1) is 14.8. The maximum absolute atomic E-state index is 12.0. The largest absolute Gasteiger partial charge is 0.324 e. The lowest BCUT2D eigenvalue weighted by molar-refractivity contribution is -0.128. The summed E-state index contributed by atoms with van der Waals surface area (Å²) in [7, 11) is 0. The predicted octanol–water partition coefficient (Wildman–Crippen LogP) is 1.67. The topological polar surface area (TPSA) is 35.6 Å². The highest BCUT2D eigenvalue weighted by Crippen LogP contribution is 2.30. The SMILES string of the molecule is CCCN(CC)CCN1C(=O)CNC1C1CCCC1. The van der Waals surface area contributed by atoms with Crippen molar-refractivity contribution < 1.29 is 4.79 Å². The van der Waals surface area contributed by atoms with Crippen LogP contribution in [-0.4, -0.2) is 54.6 Å². The number of likely N-dealkylation sites (N-methyl/N-ethyl adjacent to an activating group) is 1. The second-order valence-electron chi connectivity index (χ2n) is 5.89. The van der Waals surface area contributed by atoms with Crippen LogP contribution < -0.4 is 5.32 Å². The predicted molar refractivity (Wildman–Crippen MR) is 77.9 cm³/mol. The molecule has 1 saturated heterocycles. The molecular weight excluding hydrogens is 238 g/mol. The molecule has 2 rings (SSSR count). The van der Waals surface area contributed by atoms with E-state index in [4.69, 9.17) is 0 Å². The van der Waals surface area contributed by atoms with E-state index in [0.29, 0.717) is 24.5 Å². The van der Waals surface area contributed by atoms with E-state index in [-0.39, 0.29) is 0 Å². The van der Waals surface area contributed by atoms with Crippen molar-refractivity contribution in [3.05, 3.63) is 0 Å². The summed E-state index contributed by atoms with van der Waals surface area (Å²) in [4.78, 5) is 16.6. The quantitative estimate of drug-likeness (QED) is 0.762. The van der Waals surface area contributed by atoms with Gasteiger partial charge in [0.05, 0.1) is 12.7 Å². The minimum Gasteiger partial charge on any atom is -0.324 e. The van der Waals surface area contributed by atoms with Gasteiger partial charge in [0.15, 0.2) is 0 Å². The van der Waals surface area contributed by atoms with Gasteiger partial charge < -0.3 is 9.80 Å². The molecule has 0 radical (unpaired) electrons. The van der Waals surface area contributed by atoms with Crippen LogP contribution in [-0.2, 0) is 4.79 Å². The van der Waals surface area contributed by atoms with Crippen molar-refractivity contribution in [3.63, 3.8) is 0 Å². The number of nitrogens with one attached hydrogen (secondary N) is 1. The zero-order valence-electron chi connectivity index (χ0n) is 12.5. The van der Waals surface area contributed by atoms with Gasteiger partial charge in [-0.15, -0.1) is 0 Å². The molecule has 4 nitrogen and oxygen atoms in total. The van der Waals surface area contributed by atoms with Crippen molar-refractivity contribution in [2.45, 2.75) is 52.1 Å². The Labute approximate surface area is 117 Å². The Kier molecular flexibility index (Phi) is 5.64. The smallest absolute Gasteiger partial charge is 0.237 e. The molecule has 1 atom stereocenters. The summed E-state index contributed by atoms with van der Waals surface area (Å²) >= 11 is 0. The van der Waals surface area contributed by atoms with Crippen LogP contribution in [0.4, 0.5) is 0 Å². The average Bonchev–Trinajstić information content (AvgIpc) is 3.04. The third-order valence-corrected chi connectivity index (χ3v) is 4.61. The van der Waals surface area contributed by atoms with Gasteiger partial charge in [0.25, 0.3) is 0 Å². The van der Waals surface area contributed by atoms with Gasteiger partial charge in [-0.1, -0.05) is 26.7 Å². The Bertz CT molecular complexity index is 289. The van der Waals surface area contributed by atoms with Gasteiger partial charge in [-0.25, -0.2) is 0 Å². The van der Waals surface area contributed by atoms with Crippen LogP contribution in [0.2, 0.25) is 0 Å². The van der Waals surface area contributed by atoms with Gasteiger partial charge in [-0.3, -0.25) is 10.1 Å². The monoisotopic (exact) mass is 267 g/mol. The number of hydrogen-bond donors (Lipinski definition) is 1. The first-order valence-corrected chi connectivity index (χ1v) is 8.01. The molecule has 0 spiro atoms. The van der Waals surface area contributed by atoms with Crippen molar-refractivity contribution in [2.75, 3.05) is 32.7 Å². The van der Waals surface area contributed by atoms with Crippen LogP contribution in [0, 0.1) is 5.92 Å². The standard InChI is InChI=1S/C15H29N3O/c1-3-9-17(4-2)10-11-18-14(19)12-16-15(18)13-7-5-6-8-13/h13,15-16H,3-12H2,1-2H3. The summed E-state index contributed by atoms with van der Waals surface area (Å²) in [5, 5.41) is 3.43. The zero-order chi connectivity index (χ0) is 13.7. The molecule has 110 valence electrons. The van der Waals surface area contributed by atoms with Gasteiger partial charge in [0.2, 0.25) is 5.91 Å².